The number of para-hydroxylation sites is 2. The van der Waals surface area contributed by atoms with Gasteiger partial charge in [0.15, 0.2) is 0 Å². The van der Waals surface area contributed by atoms with E-state index in [9.17, 15) is 0 Å². The maximum absolute atomic E-state index is 3.69. The first-order valence-electron chi connectivity index (χ1n) is 7.21. The third-order valence-corrected chi connectivity index (χ3v) is 4.70. The summed E-state index contributed by atoms with van der Waals surface area (Å²) < 4.78 is 1.16. The fourth-order valence-corrected chi connectivity index (χ4v) is 3.32. The average molecular weight is 346 g/mol. The quantitative estimate of drug-likeness (QED) is 0.913. The first kappa shape index (κ1) is 14.4. The molecule has 0 saturated heterocycles. The summed E-state index contributed by atoms with van der Waals surface area (Å²) in [6.45, 7) is 2.92. The van der Waals surface area contributed by atoms with Crippen molar-refractivity contribution in [3.8, 4) is 0 Å². The van der Waals surface area contributed by atoms with Gasteiger partial charge in [-0.25, -0.2) is 0 Å². The molecule has 1 aliphatic rings. The van der Waals surface area contributed by atoms with Crippen LogP contribution in [-0.2, 0) is 6.54 Å². The molecule has 1 heterocycles. The molecular weight excluding hydrogens is 326 g/mol. The number of likely N-dealkylation sites (N-methyl/N-ethyl adjacent to an activating group) is 1. The molecule has 0 amide bonds. The van der Waals surface area contributed by atoms with Crippen LogP contribution in [0.15, 0.2) is 46.9 Å². The van der Waals surface area contributed by atoms with Gasteiger partial charge in [-0.05, 0) is 36.9 Å². The van der Waals surface area contributed by atoms with E-state index in [-0.39, 0.29) is 0 Å². The van der Waals surface area contributed by atoms with E-state index in [1.807, 2.05) is 7.05 Å². The van der Waals surface area contributed by atoms with Gasteiger partial charge in [0.25, 0.3) is 0 Å². The van der Waals surface area contributed by atoms with Crippen molar-refractivity contribution < 1.29 is 0 Å². The Hall–Kier alpha value is -1.52. The minimum absolute atomic E-state index is 0.875. The van der Waals surface area contributed by atoms with E-state index >= 15 is 0 Å². The van der Waals surface area contributed by atoms with Crippen molar-refractivity contribution in [2.75, 3.05) is 37.0 Å². The molecule has 0 radical (unpaired) electrons. The van der Waals surface area contributed by atoms with Crippen LogP contribution in [-0.4, -0.2) is 27.2 Å². The molecule has 4 heteroatoms. The smallest absolute Gasteiger partial charge is 0.0649 e. The molecule has 0 fully saturated rings. The van der Waals surface area contributed by atoms with Crippen molar-refractivity contribution in [2.24, 2.45) is 0 Å². The molecule has 0 spiro atoms. The second-order valence-corrected chi connectivity index (χ2v) is 6.22. The standard InChI is InChI=1S/C17H20BrN3/c1-19-12-13-7-8-14(11-15(13)18)21-10-9-20(2)16-5-3-4-6-17(16)21/h3-8,11,19H,9-10,12H2,1-2H3. The van der Waals surface area contributed by atoms with Crippen molar-refractivity contribution in [1.29, 1.82) is 0 Å². The number of fused-ring (bicyclic) bond motifs is 1. The average Bonchev–Trinajstić information content (AvgIpc) is 2.50. The zero-order chi connectivity index (χ0) is 14.8. The highest BCUT2D eigenvalue weighted by Crippen LogP contribution is 2.37. The lowest BCUT2D eigenvalue weighted by atomic mass is 10.1. The summed E-state index contributed by atoms with van der Waals surface area (Å²) in [5.41, 5.74) is 5.09. The van der Waals surface area contributed by atoms with Crippen LogP contribution in [0.1, 0.15) is 5.56 Å². The summed E-state index contributed by atoms with van der Waals surface area (Å²) >= 11 is 3.69. The van der Waals surface area contributed by atoms with Crippen LogP contribution in [0.25, 0.3) is 0 Å². The van der Waals surface area contributed by atoms with Gasteiger partial charge in [-0.2, -0.15) is 0 Å². The van der Waals surface area contributed by atoms with E-state index in [2.05, 4.69) is 80.6 Å². The summed E-state index contributed by atoms with van der Waals surface area (Å²) in [5, 5.41) is 3.19. The molecule has 0 saturated carbocycles. The maximum atomic E-state index is 3.69. The van der Waals surface area contributed by atoms with E-state index < -0.39 is 0 Å². The molecule has 3 rings (SSSR count). The van der Waals surface area contributed by atoms with Gasteiger partial charge in [0, 0.05) is 36.8 Å². The number of benzene rings is 2. The summed E-state index contributed by atoms with van der Waals surface area (Å²) in [6.07, 6.45) is 0. The first-order chi connectivity index (χ1) is 10.2. The number of anilines is 3. The highest BCUT2D eigenvalue weighted by Gasteiger charge is 2.21. The molecule has 0 unspecified atom stereocenters. The molecule has 0 bridgehead atoms. The molecule has 0 aromatic heterocycles. The van der Waals surface area contributed by atoms with Crippen LogP contribution in [0.3, 0.4) is 0 Å². The number of hydrogen-bond donors (Lipinski definition) is 1. The van der Waals surface area contributed by atoms with Gasteiger partial charge in [0.2, 0.25) is 0 Å². The maximum Gasteiger partial charge on any atom is 0.0649 e. The molecule has 3 nitrogen and oxygen atoms in total. The van der Waals surface area contributed by atoms with Crippen LogP contribution in [0.4, 0.5) is 17.1 Å². The fourth-order valence-electron chi connectivity index (χ4n) is 2.81. The number of halogens is 1. The van der Waals surface area contributed by atoms with Crippen LogP contribution in [0.2, 0.25) is 0 Å². The monoisotopic (exact) mass is 345 g/mol. The van der Waals surface area contributed by atoms with Crippen molar-refractivity contribution in [2.45, 2.75) is 6.54 Å². The summed E-state index contributed by atoms with van der Waals surface area (Å²) in [4.78, 5) is 4.71. The van der Waals surface area contributed by atoms with Gasteiger partial charge in [-0.15, -0.1) is 0 Å². The van der Waals surface area contributed by atoms with Crippen LogP contribution >= 0.6 is 15.9 Å². The van der Waals surface area contributed by atoms with Gasteiger partial charge in [-0.1, -0.05) is 34.1 Å². The van der Waals surface area contributed by atoms with Gasteiger partial charge in [0.1, 0.15) is 0 Å². The number of rotatable bonds is 3. The lowest BCUT2D eigenvalue weighted by Crippen LogP contribution is -2.36. The lowest BCUT2D eigenvalue weighted by molar-refractivity contribution is 0.809. The Bertz CT molecular complexity index is 642. The van der Waals surface area contributed by atoms with Gasteiger partial charge in [-0.3, -0.25) is 0 Å². The summed E-state index contributed by atoms with van der Waals surface area (Å²) in [5.74, 6) is 0. The molecule has 0 aliphatic carbocycles. The van der Waals surface area contributed by atoms with Crippen molar-refractivity contribution in [3.63, 3.8) is 0 Å². The van der Waals surface area contributed by atoms with Crippen LogP contribution in [0, 0.1) is 0 Å². The van der Waals surface area contributed by atoms with Crippen molar-refractivity contribution in [3.05, 3.63) is 52.5 Å². The van der Waals surface area contributed by atoms with Gasteiger partial charge in [0.05, 0.1) is 11.4 Å². The fraction of sp³-hybridized carbons (Fsp3) is 0.294. The second-order valence-electron chi connectivity index (χ2n) is 5.37. The molecule has 110 valence electrons. The Morgan fingerprint density at radius 1 is 1.10 bits per heavy atom. The topological polar surface area (TPSA) is 18.5 Å². The summed E-state index contributed by atoms with van der Waals surface area (Å²) in [6, 6.07) is 15.2. The molecule has 2 aromatic rings. The van der Waals surface area contributed by atoms with Gasteiger partial charge < -0.3 is 15.1 Å². The van der Waals surface area contributed by atoms with E-state index in [1.165, 1.54) is 22.6 Å². The van der Waals surface area contributed by atoms with E-state index in [4.69, 9.17) is 0 Å². The first-order valence-corrected chi connectivity index (χ1v) is 8.00. The van der Waals surface area contributed by atoms with Crippen LogP contribution in [0.5, 0.6) is 0 Å². The number of hydrogen-bond acceptors (Lipinski definition) is 3. The predicted molar refractivity (Wildman–Crippen MR) is 93.6 cm³/mol. The van der Waals surface area contributed by atoms with Crippen molar-refractivity contribution in [1.82, 2.24) is 5.32 Å². The Balaban J connectivity index is 1.98. The zero-order valence-electron chi connectivity index (χ0n) is 12.4. The van der Waals surface area contributed by atoms with E-state index in [0.29, 0.717) is 0 Å². The molecule has 21 heavy (non-hydrogen) atoms. The lowest BCUT2D eigenvalue weighted by Gasteiger charge is -2.37. The minimum atomic E-state index is 0.875. The summed E-state index contributed by atoms with van der Waals surface area (Å²) in [7, 11) is 4.12. The third kappa shape index (κ3) is 2.78. The highest BCUT2D eigenvalue weighted by atomic mass is 79.9. The largest absolute Gasteiger partial charge is 0.371 e. The SMILES string of the molecule is CNCc1ccc(N2CCN(C)c3ccccc32)cc1Br. The van der Waals surface area contributed by atoms with E-state index in [0.717, 1.165) is 24.1 Å². The molecule has 1 aliphatic heterocycles. The highest BCUT2D eigenvalue weighted by molar-refractivity contribution is 9.10. The molecular formula is C17H20BrN3. The zero-order valence-corrected chi connectivity index (χ0v) is 14.0. The van der Waals surface area contributed by atoms with Crippen molar-refractivity contribution >= 4 is 33.0 Å². The van der Waals surface area contributed by atoms with Gasteiger partial charge >= 0.3 is 0 Å². The number of nitrogens with zero attached hydrogens (tertiary/aromatic N) is 2. The van der Waals surface area contributed by atoms with Crippen LogP contribution < -0.4 is 15.1 Å². The third-order valence-electron chi connectivity index (χ3n) is 3.96. The molecule has 2 aromatic carbocycles. The normalized spacial score (nSPS) is 14.2. The number of nitrogens with one attached hydrogen (secondary N) is 1. The Labute approximate surface area is 134 Å². The minimum Gasteiger partial charge on any atom is -0.371 e. The molecule has 0 atom stereocenters. The predicted octanol–water partition coefficient (Wildman–Crippen LogP) is 3.76. The Morgan fingerprint density at radius 3 is 2.57 bits per heavy atom. The molecule has 1 N–H and O–H groups in total. The Morgan fingerprint density at radius 2 is 1.86 bits per heavy atom. The van der Waals surface area contributed by atoms with E-state index in [1.54, 1.807) is 0 Å². The Kier molecular flexibility index (Phi) is 4.17. The second kappa shape index (κ2) is 6.08.